The Hall–Kier alpha value is -1.00. The molecule has 0 aliphatic heterocycles. The summed E-state index contributed by atoms with van der Waals surface area (Å²) in [6, 6.07) is 2.18. The molecular weight excluding hydrogens is 226 g/mol. The van der Waals surface area contributed by atoms with Gasteiger partial charge in [0.15, 0.2) is 5.82 Å². The van der Waals surface area contributed by atoms with Crippen LogP contribution in [-0.2, 0) is 11.2 Å². The zero-order chi connectivity index (χ0) is 13.5. The van der Waals surface area contributed by atoms with Crippen molar-refractivity contribution in [1.29, 1.82) is 0 Å². The van der Waals surface area contributed by atoms with Gasteiger partial charge in [-0.1, -0.05) is 20.3 Å². The molecule has 1 heterocycles. The van der Waals surface area contributed by atoms with Crippen molar-refractivity contribution in [2.45, 2.75) is 58.6 Å². The molecule has 0 fully saturated rings. The molecule has 1 rings (SSSR count). The second-order valence-corrected chi connectivity index (χ2v) is 4.74. The third-order valence-electron chi connectivity index (χ3n) is 3.04. The highest BCUT2D eigenvalue weighted by Gasteiger charge is 2.15. The number of ether oxygens (including phenoxy) is 1. The van der Waals surface area contributed by atoms with Crippen molar-refractivity contribution in [3.8, 4) is 0 Å². The van der Waals surface area contributed by atoms with Gasteiger partial charge in [0.05, 0.1) is 0 Å². The molecule has 4 heteroatoms. The van der Waals surface area contributed by atoms with Gasteiger partial charge in [-0.15, -0.1) is 0 Å². The second kappa shape index (κ2) is 7.44. The molecule has 2 N–H and O–H groups in total. The van der Waals surface area contributed by atoms with E-state index in [4.69, 9.17) is 10.5 Å². The van der Waals surface area contributed by atoms with Crippen molar-refractivity contribution in [1.82, 2.24) is 9.97 Å². The highest BCUT2D eigenvalue weighted by molar-refractivity contribution is 5.12. The van der Waals surface area contributed by atoms with Gasteiger partial charge in [0.1, 0.15) is 6.10 Å². The molecule has 0 aliphatic carbocycles. The molecule has 4 nitrogen and oxygen atoms in total. The quantitative estimate of drug-likeness (QED) is 0.809. The first-order chi connectivity index (χ1) is 8.60. The third-order valence-corrected chi connectivity index (χ3v) is 3.04. The van der Waals surface area contributed by atoms with Crippen molar-refractivity contribution in [3.05, 3.63) is 23.3 Å². The average molecular weight is 251 g/mol. The molecule has 0 saturated heterocycles. The fourth-order valence-electron chi connectivity index (χ4n) is 1.93. The van der Waals surface area contributed by atoms with E-state index in [9.17, 15) is 0 Å². The van der Waals surface area contributed by atoms with Crippen LogP contribution < -0.4 is 5.73 Å². The summed E-state index contributed by atoms with van der Waals surface area (Å²) in [6.07, 6.45) is 3.75. The zero-order valence-electron chi connectivity index (χ0n) is 11.9. The maximum atomic E-state index is 5.98. The van der Waals surface area contributed by atoms with Crippen LogP contribution in [0, 0.1) is 6.92 Å². The Kier molecular flexibility index (Phi) is 6.22. The predicted molar refractivity (Wildman–Crippen MR) is 73.4 cm³/mol. The SMILES string of the molecule is CCCC(OC)c1nc(C)cc(CC(N)CC)n1. The summed E-state index contributed by atoms with van der Waals surface area (Å²) in [7, 11) is 1.71. The molecule has 0 radical (unpaired) electrons. The maximum absolute atomic E-state index is 5.98. The lowest BCUT2D eigenvalue weighted by atomic mass is 10.1. The van der Waals surface area contributed by atoms with E-state index >= 15 is 0 Å². The number of aryl methyl sites for hydroxylation is 1. The van der Waals surface area contributed by atoms with Crippen LogP contribution in [0.25, 0.3) is 0 Å². The lowest BCUT2D eigenvalue weighted by Gasteiger charge is -2.15. The molecule has 2 unspecified atom stereocenters. The van der Waals surface area contributed by atoms with Gasteiger partial charge in [-0.25, -0.2) is 9.97 Å². The number of nitrogens with two attached hydrogens (primary N) is 1. The third kappa shape index (κ3) is 4.35. The number of nitrogens with zero attached hydrogens (tertiary/aromatic N) is 2. The van der Waals surface area contributed by atoms with Crippen LogP contribution in [-0.4, -0.2) is 23.1 Å². The summed E-state index contributed by atoms with van der Waals surface area (Å²) in [5.41, 5.74) is 7.98. The molecule has 0 aliphatic rings. The highest BCUT2D eigenvalue weighted by Crippen LogP contribution is 2.19. The molecule has 0 aromatic carbocycles. The molecule has 0 bridgehead atoms. The Morgan fingerprint density at radius 3 is 2.61 bits per heavy atom. The van der Waals surface area contributed by atoms with Crippen LogP contribution in [0.15, 0.2) is 6.07 Å². The first-order valence-corrected chi connectivity index (χ1v) is 6.73. The molecular formula is C14H25N3O. The van der Waals surface area contributed by atoms with Crippen molar-refractivity contribution < 1.29 is 4.74 Å². The summed E-state index contributed by atoms with van der Waals surface area (Å²) >= 11 is 0. The molecule has 0 saturated carbocycles. The lowest BCUT2D eigenvalue weighted by molar-refractivity contribution is 0.0872. The first kappa shape index (κ1) is 15.1. The maximum Gasteiger partial charge on any atom is 0.157 e. The smallest absolute Gasteiger partial charge is 0.157 e. The summed E-state index contributed by atoms with van der Waals surface area (Å²) in [4.78, 5) is 9.07. The number of hydrogen-bond donors (Lipinski definition) is 1. The van der Waals surface area contributed by atoms with Crippen LogP contribution in [0.1, 0.15) is 56.4 Å². The summed E-state index contributed by atoms with van der Waals surface area (Å²) in [5, 5.41) is 0. The predicted octanol–water partition coefficient (Wildman–Crippen LogP) is 2.55. The molecule has 18 heavy (non-hydrogen) atoms. The second-order valence-electron chi connectivity index (χ2n) is 4.74. The number of hydrogen-bond acceptors (Lipinski definition) is 4. The van der Waals surface area contributed by atoms with Crippen LogP contribution in [0.2, 0.25) is 0 Å². The molecule has 0 spiro atoms. The van der Waals surface area contributed by atoms with Crippen molar-refractivity contribution in [2.24, 2.45) is 5.73 Å². The Balaban J connectivity index is 2.91. The van der Waals surface area contributed by atoms with E-state index < -0.39 is 0 Å². The van der Waals surface area contributed by atoms with Crippen LogP contribution in [0.4, 0.5) is 0 Å². The number of rotatable bonds is 7. The highest BCUT2D eigenvalue weighted by atomic mass is 16.5. The topological polar surface area (TPSA) is 61.0 Å². The monoisotopic (exact) mass is 251 g/mol. The molecule has 2 atom stereocenters. The molecule has 1 aromatic heterocycles. The van der Waals surface area contributed by atoms with Gasteiger partial charge in [0.2, 0.25) is 0 Å². The van der Waals surface area contributed by atoms with E-state index in [-0.39, 0.29) is 12.1 Å². The van der Waals surface area contributed by atoms with Crippen LogP contribution in [0.3, 0.4) is 0 Å². The van der Waals surface area contributed by atoms with Crippen molar-refractivity contribution in [2.75, 3.05) is 7.11 Å². The van der Waals surface area contributed by atoms with Gasteiger partial charge in [-0.3, -0.25) is 0 Å². The zero-order valence-corrected chi connectivity index (χ0v) is 11.9. The van der Waals surface area contributed by atoms with E-state index in [1.165, 1.54) is 0 Å². The van der Waals surface area contributed by atoms with Crippen LogP contribution >= 0.6 is 0 Å². The Morgan fingerprint density at radius 1 is 1.33 bits per heavy atom. The minimum Gasteiger partial charge on any atom is -0.373 e. The van der Waals surface area contributed by atoms with Crippen molar-refractivity contribution >= 4 is 0 Å². The largest absolute Gasteiger partial charge is 0.373 e. The first-order valence-electron chi connectivity index (χ1n) is 6.73. The van der Waals surface area contributed by atoms with Gasteiger partial charge in [-0.2, -0.15) is 0 Å². The lowest BCUT2D eigenvalue weighted by Crippen LogP contribution is -2.22. The van der Waals surface area contributed by atoms with Gasteiger partial charge < -0.3 is 10.5 Å². The average Bonchev–Trinajstić information content (AvgIpc) is 2.34. The Labute approximate surface area is 110 Å². The minimum absolute atomic E-state index is 0.00787. The van der Waals surface area contributed by atoms with E-state index in [1.807, 2.05) is 13.0 Å². The summed E-state index contributed by atoms with van der Waals surface area (Å²) in [5.74, 6) is 0.789. The standard InChI is InChI=1S/C14H25N3O/c1-5-7-13(18-4)14-16-10(3)8-12(17-14)9-11(15)6-2/h8,11,13H,5-7,9,15H2,1-4H3. The molecule has 0 amide bonds. The number of methoxy groups -OCH3 is 1. The van der Waals surface area contributed by atoms with E-state index in [2.05, 4.69) is 23.8 Å². The van der Waals surface area contributed by atoms with E-state index in [0.29, 0.717) is 0 Å². The summed E-state index contributed by atoms with van der Waals surface area (Å²) < 4.78 is 5.46. The molecule has 1 aromatic rings. The minimum atomic E-state index is -0.00787. The number of aromatic nitrogens is 2. The van der Waals surface area contributed by atoms with Gasteiger partial charge in [-0.05, 0) is 25.8 Å². The van der Waals surface area contributed by atoms with Gasteiger partial charge >= 0.3 is 0 Å². The normalized spacial score (nSPS) is 14.5. The summed E-state index contributed by atoms with van der Waals surface area (Å²) in [6.45, 7) is 6.22. The fraction of sp³-hybridized carbons (Fsp3) is 0.714. The molecule has 102 valence electrons. The Morgan fingerprint density at radius 2 is 2.06 bits per heavy atom. The van der Waals surface area contributed by atoms with Crippen LogP contribution in [0.5, 0.6) is 0 Å². The fourth-order valence-corrected chi connectivity index (χ4v) is 1.93. The van der Waals surface area contributed by atoms with E-state index in [0.717, 1.165) is 42.9 Å². The van der Waals surface area contributed by atoms with Gasteiger partial charge in [0.25, 0.3) is 0 Å². The van der Waals surface area contributed by atoms with E-state index in [1.54, 1.807) is 7.11 Å². The van der Waals surface area contributed by atoms with Gasteiger partial charge in [0, 0.05) is 31.0 Å². The Bertz CT molecular complexity index is 368. The van der Waals surface area contributed by atoms with Crippen molar-refractivity contribution in [3.63, 3.8) is 0 Å².